The smallest absolute Gasteiger partial charge is 0.322 e. The molecule has 28 heavy (non-hydrogen) atoms. The highest BCUT2D eigenvalue weighted by Gasteiger charge is 2.31. The molecule has 0 unspecified atom stereocenters. The molecule has 0 spiro atoms. The van der Waals surface area contributed by atoms with Crippen molar-refractivity contribution in [1.29, 1.82) is 0 Å². The molecule has 3 rings (SSSR count). The maximum atomic E-state index is 13.2. The summed E-state index contributed by atoms with van der Waals surface area (Å²) in [4.78, 5) is 18.8. The van der Waals surface area contributed by atoms with E-state index in [-0.39, 0.29) is 18.0 Å². The van der Waals surface area contributed by atoms with Gasteiger partial charge in [-0.3, -0.25) is 9.79 Å². The summed E-state index contributed by atoms with van der Waals surface area (Å²) in [5.41, 5.74) is -0.211. The molecule has 0 fully saturated rings. The lowest BCUT2D eigenvalue weighted by Crippen LogP contribution is -2.36. The number of nitrogens with zero attached hydrogens (tertiary/aromatic N) is 2. The van der Waals surface area contributed by atoms with E-state index in [9.17, 15) is 22.4 Å². The second-order valence-corrected chi connectivity index (χ2v) is 6.67. The van der Waals surface area contributed by atoms with Crippen molar-refractivity contribution in [2.45, 2.75) is 31.9 Å². The number of hydrogen-bond donors (Lipinski definition) is 0. The largest absolute Gasteiger partial charge is 0.416 e. The summed E-state index contributed by atoms with van der Waals surface area (Å²) in [5.74, 6) is -0.170. The van der Waals surface area contributed by atoms with Gasteiger partial charge in [-0.25, -0.2) is 4.39 Å². The lowest BCUT2D eigenvalue weighted by atomic mass is 10.1. The van der Waals surface area contributed by atoms with Crippen LogP contribution in [0.5, 0.6) is 0 Å². The van der Waals surface area contributed by atoms with Crippen molar-refractivity contribution in [1.82, 2.24) is 0 Å². The fourth-order valence-corrected chi connectivity index (χ4v) is 3.13. The molecule has 1 aliphatic rings. The molecule has 3 nitrogen and oxygen atoms in total. The summed E-state index contributed by atoms with van der Waals surface area (Å²) in [5, 5.41) is 0. The Balaban J connectivity index is 1.94. The normalized spacial score (nSPS) is 14.9. The molecule has 0 amide bonds. The van der Waals surface area contributed by atoms with Crippen molar-refractivity contribution >= 4 is 17.3 Å². The second-order valence-electron chi connectivity index (χ2n) is 6.67. The first-order chi connectivity index (χ1) is 13.3. The predicted molar refractivity (Wildman–Crippen MR) is 100 cm³/mol. The third-order valence-corrected chi connectivity index (χ3v) is 4.62. The zero-order valence-electron chi connectivity index (χ0n) is 15.2. The number of ketones is 1. The van der Waals surface area contributed by atoms with Gasteiger partial charge in [-0.1, -0.05) is 12.5 Å². The Morgan fingerprint density at radius 2 is 1.79 bits per heavy atom. The predicted octanol–water partition coefficient (Wildman–Crippen LogP) is 5.51. The number of carbonyl (C=O) groups is 1. The maximum absolute atomic E-state index is 13.2. The van der Waals surface area contributed by atoms with Gasteiger partial charge in [0.1, 0.15) is 11.7 Å². The van der Waals surface area contributed by atoms with Crippen LogP contribution >= 0.6 is 0 Å². The molecule has 0 atom stereocenters. The van der Waals surface area contributed by atoms with Crippen molar-refractivity contribution in [3.63, 3.8) is 0 Å². The highest BCUT2D eigenvalue weighted by Crippen LogP contribution is 2.32. The van der Waals surface area contributed by atoms with Gasteiger partial charge in [-0.05, 0) is 55.3 Å². The second kappa shape index (κ2) is 8.54. The highest BCUT2D eigenvalue weighted by atomic mass is 19.4. The maximum Gasteiger partial charge on any atom is 0.416 e. The van der Waals surface area contributed by atoms with Crippen LogP contribution in [-0.4, -0.2) is 24.7 Å². The molecule has 1 aliphatic heterocycles. The molecule has 0 bridgehead atoms. The molecule has 0 aromatic heterocycles. The molecule has 2 aromatic rings. The summed E-state index contributed by atoms with van der Waals surface area (Å²) in [6.07, 6.45) is -1.14. The van der Waals surface area contributed by atoms with Crippen LogP contribution in [0.2, 0.25) is 0 Å². The quantitative estimate of drug-likeness (QED) is 0.508. The molecule has 0 aliphatic carbocycles. The number of halogens is 4. The topological polar surface area (TPSA) is 32.7 Å². The number of rotatable bonds is 4. The van der Waals surface area contributed by atoms with Crippen molar-refractivity contribution in [3.8, 4) is 0 Å². The number of amidine groups is 1. The summed E-state index contributed by atoms with van der Waals surface area (Å²) in [6.45, 7) is 0.418. The SMILES string of the molecule is O=C(CN(C1=NCCCCC1)c1cccc(C(F)(F)F)c1)c1ccc(F)cc1. The van der Waals surface area contributed by atoms with Crippen molar-refractivity contribution in [2.75, 3.05) is 18.0 Å². The fourth-order valence-electron chi connectivity index (χ4n) is 3.13. The van der Waals surface area contributed by atoms with Crippen LogP contribution in [0, 0.1) is 5.82 Å². The van der Waals surface area contributed by atoms with E-state index in [0.29, 0.717) is 24.4 Å². The van der Waals surface area contributed by atoms with Gasteiger partial charge in [-0.15, -0.1) is 0 Å². The number of anilines is 1. The van der Waals surface area contributed by atoms with Gasteiger partial charge in [0.2, 0.25) is 0 Å². The Morgan fingerprint density at radius 3 is 2.50 bits per heavy atom. The van der Waals surface area contributed by atoms with Gasteiger partial charge in [0, 0.05) is 24.2 Å². The molecule has 0 saturated carbocycles. The standard InChI is InChI=1S/C21H20F4N2O/c22-17-10-8-15(9-11-17)19(28)14-27(20-7-2-1-3-12-26-20)18-6-4-5-16(13-18)21(23,24)25/h4-6,8-11,13H,1-3,7,12,14H2. The van der Waals surface area contributed by atoms with Crippen LogP contribution in [0.4, 0.5) is 23.2 Å². The third-order valence-electron chi connectivity index (χ3n) is 4.62. The van der Waals surface area contributed by atoms with Gasteiger partial charge < -0.3 is 4.90 Å². The van der Waals surface area contributed by atoms with Crippen LogP contribution in [-0.2, 0) is 6.18 Å². The number of hydrogen-bond acceptors (Lipinski definition) is 3. The molecule has 0 saturated heterocycles. The first-order valence-corrected chi connectivity index (χ1v) is 9.11. The third kappa shape index (κ3) is 4.97. The lowest BCUT2D eigenvalue weighted by molar-refractivity contribution is -0.137. The zero-order chi connectivity index (χ0) is 20.1. The van der Waals surface area contributed by atoms with Crippen LogP contribution in [0.15, 0.2) is 53.5 Å². The van der Waals surface area contributed by atoms with E-state index in [2.05, 4.69) is 4.99 Å². The average molecular weight is 392 g/mol. The first-order valence-electron chi connectivity index (χ1n) is 9.11. The van der Waals surface area contributed by atoms with Gasteiger partial charge in [0.25, 0.3) is 0 Å². The Hall–Kier alpha value is -2.70. The minimum Gasteiger partial charge on any atom is -0.322 e. The van der Waals surface area contributed by atoms with Crippen molar-refractivity contribution < 1.29 is 22.4 Å². The van der Waals surface area contributed by atoms with Gasteiger partial charge in [0.15, 0.2) is 5.78 Å². The lowest BCUT2D eigenvalue weighted by Gasteiger charge is -2.26. The summed E-state index contributed by atoms with van der Waals surface area (Å²) in [6, 6.07) is 10.0. The summed E-state index contributed by atoms with van der Waals surface area (Å²) in [7, 11) is 0. The van der Waals surface area contributed by atoms with Gasteiger partial charge >= 0.3 is 6.18 Å². The van der Waals surface area contributed by atoms with Crippen LogP contribution in [0.25, 0.3) is 0 Å². The Labute approximate surface area is 160 Å². The highest BCUT2D eigenvalue weighted by molar-refractivity contribution is 6.07. The monoisotopic (exact) mass is 392 g/mol. The molecule has 0 N–H and O–H groups in total. The van der Waals surface area contributed by atoms with E-state index in [0.717, 1.165) is 31.4 Å². The molecule has 148 valence electrons. The Morgan fingerprint density at radius 1 is 1.04 bits per heavy atom. The summed E-state index contributed by atoms with van der Waals surface area (Å²) >= 11 is 0. The molecule has 1 heterocycles. The number of aliphatic imine (C=N–C) groups is 1. The Bertz CT molecular complexity index is 859. The summed E-state index contributed by atoms with van der Waals surface area (Å²) < 4.78 is 52.6. The van der Waals surface area contributed by atoms with Crippen molar-refractivity contribution in [2.24, 2.45) is 4.99 Å². The van der Waals surface area contributed by atoms with E-state index in [4.69, 9.17) is 0 Å². The van der Waals surface area contributed by atoms with Gasteiger partial charge in [-0.2, -0.15) is 13.2 Å². The molecule has 7 heteroatoms. The van der Waals surface area contributed by atoms with E-state index in [1.54, 1.807) is 11.0 Å². The minimum absolute atomic E-state index is 0.161. The van der Waals surface area contributed by atoms with E-state index in [1.807, 2.05) is 0 Å². The number of Topliss-reactive ketones (excluding diaryl/α,β-unsaturated/α-hetero) is 1. The van der Waals surface area contributed by atoms with Crippen LogP contribution in [0.3, 0.4) is 0 Å². The van der Waals surface area contributed by atoms with E-state index in [1.165, 1.54) is 30.3 Å². The van der Waals surface area contributed by atoms with E-state index >= 15 is 0 Å². The minimum atomic E-state index is -4.48. The number of carbonyl (C=O) groups excluding carboxylic acids is 1. The van der Waals surface area contributed by atoms with Gasteiger partial charge in [0.05, 0.1) is 12.1 Å². The van der Waals surface area contributed by atoms with E-state index < -0.39 is 17.6 Å². The van der Waals surface area contributed by atoms with Crippen LogP contribution in [0.1, 0.15) is 41.6 Å². The van der Waals surface area contributed by atoms with Crippen molar-refractivity contribution in [3.05, 3.63) is 65.5 Å². The Kier molecular flexibility index (Phi) is 6.11. The van der Waals surface area contributed by atoms with Crippen LogP contribution < -0.4 is 4.90 Å². The molecular weight excluding hydrogens is 372 g/mol. The number of alkyl halides is 3. The fraction of sp³-hybridized carbons (Fsp3) is 0.333. The molecular formula is C21H20F4N2O. The first kappa shape index (κ1) is 20.0. The molecule has 0 radical (unpaired) electrons. The average Bonchev–Trinajstić information content (AvgIpc) is 2.95. The number of benzene rings is 2. The molecule has 2 aromatic carbocycles. The zero-order valence-corrected chi connectivity index (χ0v) is 15.2.